The Hall–Kier alpha value is -4.29. The molecule has 0 radical (unpaired) electrons. The monoisotopic (exact) mass is 710 g/mol. The van der Waals surface area contributed by atoms with Crippen molar-refractivity contribution in [2.45, 2.75) is 77.5 Å². The third-order valence-corrected chi connectivity index (χ3v) is 9.56. The highest BCUT2D eigenvalue weighted by molar-refractivity contribution is 7.48. The fraction of sp³-hybridized carbons (Fsp3) is 0.361. The van der Waals surface area contributed by atoms with Crippen molar-refractivity contribution < 1.29 is 40.5 Å². The lowest BCUT2D eigenvalue weighted by molar-refractivity contribution is -0.153. The molecule has 6 rings (SSSR count). The summed E-state index contributed by atoms with van der Waals surface area (Å²) in [6.45, 7) is 6.44. The van der Waals surface area contributed by atoms with Gasteiger partial charge in [-0.05, 0) is 65.6 Å². The Bertz CT molecular complexity index is 1910. The number of anilines is 1. The third kappa shape index (κ3) is 9.08. The SMILES string of the molecule is Cc1cc(-c2nnc(NC3CC(OP(=O)(OCc4ccccc4)OCc4ccccc4)C3)o2)nc2c(C(C)(C)C)cc(OCC(F)(F)F)cc12. The van der Waals surface area contributed by atoms with E-state index in [1.165, 1.54) is 0 Å². The van der Waals surface area contributed by atoms with Crippen LogP contribution in [0.25, 0.3) is 22.5 Å². The molecule has 1 saturated carbocycles. The van der Waals surface area contributed by atoms with Crippen molar-refractivity contribution in [2.75, 3.05) is 11.9 Å². The van der Waals surface area contributed by atoms with E-state index in [9.17, 15) is 17.7 Å². The number of alkyl halides is 3. The van der Waals surface area contributed by atoms with Gasteiger partial charge in [0, 0.05) is 11.4 Å². The molecule has 1 aliphatic rings. The first-order valence-electron chi connectivity index (χ1n) is 16.1. The number of nitrogens with one attached hydrogen (secondary N) is 1. The summed E-state index contributed by atoms with van der Waals surface area (Å²) in [5, 5.41) is 12.2. The maximum atomic E-state index is 13.7. The van der Waals surface area contributed by atoms with Crippen molar-refractivity contribution in [3.05, 3.63) is 101 Å². The van der Waals surface area contributed by atoms with Crippen molar-refractivity contribution in [3.8, 4) is 17.3 Å². The lowest BCUT2D eigenvalue weighted by Gasteiger charge is -2.36. The van der Waals surface area contributed by atoms with Crippen molar-refractivity contribution >= 4 is 24.7 Å². The Balaban J connectivity index is 1.11. The maximum Gasteiger partial charge on any atom is 0.475 e. The summed E-state index contributed by atoms with van der Waals surface area (Å²) in [6, 6.07) is 23.7. The van der Waals surface area contributed by atoms with Gasteiger partial charge in [-0.2, -0.15) is 13.2 Å². The Labute approximate surface area is 287 Å². The molecule has 1 N–H and O–H groups in total. The number of rotatable bonds is 13. The van der Waals surface area contributed by atoms with Gasteiger partial charge >= 0.3 is 20.0 Å². The van der Waals surface area contributed by atoms with Gasteiger partial charge in [-0.25, -0.2) is 9.55 Å². The van der Waals surface area contributed by atoms with Crippen LogP contribution < -0.4 is 10.1 Å². The molecule has 5 aromatic rings. The molecule has 0 spiro atoms. The number of hydrogen-bond acceptors (Lipinski definition) is 10. The van der Waals surface area contributed by atoms with Gasteiger partial charge in [0.15, 0.2) is 6.61 Å². The molecule has 1 fully saturated rings. The summed E-state index contributed by atoms with van der Waals surface area (Å²) in [5.74, 6) is 0.293. The molecule has 10 nitrogen and oxygen atoms in total. The van der Waals surface area contributed by atoms with E-state index in [0.717, 1.165) is 16.7 Å². The second-order valence-corrected chi connectivity index (χ2v) is 14.9. The van der Waals surface area contributed by atoms with Crippen molar-refractivity contribution in [3.63, 3.8) is 0 Å². The van der Waals surface area contributed by atoms with Crippen LogP contribution >= 0.6 is 7.82 Å². The van der Waals surface area contributed by atoms with Crippen LogP contribution in [-0.4, -0.2) is 40.1 Å². The molecule has 0 aliphatic heterocycles. The van der Waals surface area contributed by atoms with Gasteiger partial charge in [0.1, 0.15) is 11.4 Å². The molecule has 1 aliphatic carbocycles. The van der Waals surface area contributed by atoms with Gasteiger partial charge in [0.05, 0.1) is 24.8 Å². The maximum absolute atomic E-state index is 13.7. The number of halogens is 3. The van der Waals surface area contributed by atoms with Crippen LogP contribution in [0, 0.1) is 6.92 Å². The van der Waals surface area contributed by atoms with E-state index < -0.39 is 32.1 Å². The smallest absolute Gasteiger partial charge is 0.475 e. The molecule has 14 heteroatoms. The summed E-state index contributed by atoms with van der Waals surface area (Å²) in [6.07, 6.45) is -3.86. The van der Waals surface area contributed by atoms with Gasteiger partial charge in [0.2, 0.25) is 0 Å². The van der Waals surface area contributed by atoms with E-state index in [0.29, 0.717) is 35.0 Å². The Kier molecular flexibility index (Phi) is 10.3. The minimum absolute atomic E-state index is 0.0681. The number of pyridine rings is 1. The van der Waals surface area contributed by atoms with Crippen LogP contribution in [0.2, 0.25) is 0 Å². The largest absolute Gasteiger partial charge is 0.484 e. The topological polar surface area (TPSA) is 118 Å². The fourth-order valence-electron chi connectivity index (χ4n) is 5.46. The number of phosphoric acid groups is 1. The molecule has 3 aromatic carbocycles. The summed E-state index contributed by atoms with van der Waals surface area (Å²) in [5.41, 5.74) is 3.72. The van der Waals surface area contributed by atoms with Gasteiger partial charge in [-0.15, -0.1) is 5.10 Å². The molecule has 2 aromatic heterocycles. The summed E-state index contributed by atoms with van der Waals surface area (Å²) in [4.78, 5) is 4.80. The number of nitrogens with zero attached hydrogens (tertiary/aromatic N) is 3. The molecule has 0 bridgehead atoms. The average Bonchev–Trinajstić information content (AvgIpc) is 3.53. The summed E-state index contributed by atoms with van der Waals surface area (Å²) >= 11 is 0. The van der Waals surface area contributed by atoms with Crippen molar-refractivity contribution in [2.24, 2.45) is 0 Å². The predicted octanol–water partition coefficient (Wildman–Crippen LogP) is 9.33. The minimum atomic E-state index is -4.46. The van der Waals surface area contributed by atoms with E-state index in [-0.39, 0.29) is 36.9 Å². The van der Waals surface area contributed by atoms with E-state index >= 15 is 0 Å². The molecule has 0 atom stereocenters. The zero-order valence-electron chi connectivity index (χ0n) is 28.1. The number of fused-ring (bicyclic) bond motifs is 1. The van der Waals surface area contributed by atoms with E-state index in [2.05, 4.69) is 15.5 Å². The second-order valence-electron chi connectivity index (χ2n) is 13.3. The zero-order chi connectivity index (χ0) is 35.5. The molecule has 2 heterocycles. The minimum Gasteiger partial charge on any atom is -0.484 e. The van der Waals surface area contributed by atoms with E-state index in [4.69, 9.17) is 27.7 Å². The molecule has 264 valence electrons. The van der Waals surface area contributed by atoms with Crippen LogP contribution in [0.5, 0.6) is 5.75 Å². The highest BCUT2D eigenvalue weighted by Crippen LogP contribution is 2.54. The summed E-state index contributed by atoms with van der Waals surface area (Å²) in [7, 11) is -3.92. The quantitative estimate of drug-likeness (QED) is 0.118. The number of ether oxygens (including phenoxy) is 1. The van der Waals surface area contributed by atoms with Crippen LogP contribution in [0.15, 0.2) is 83.3 Å². The first-order chi connectivity index (χ1) is 23.7. The number of aryl methyl sites for hydroxylation is 1. The Morgan fingerprint density at radius 2 is 1.52 bits per heavy atom. The van der Waals surface area contributed by atoms with Crippen LogP contribution in [0.3, 0.4) is 0 Å². The highest BCUT2D eigenvalue weighted by Gasteiger charge is 2.39. The summed E-state index contributed by atoms with van der Waals surface area (Å²) < 4.78 is 80.7. The average molecular weight is 711 g/mol. The van der Waals surface area contributed by atoms with Gasteiger partial charge in [-0.1, -0.05) is 86.5 Å². The first kappa shape index (κ1) is 35.5. The Morgan fingerprint density at radius 3 is 2.10 bits per heavy atom. The standard InChI is InChI=1S/C36H38F3N4O6P/c1-23-15-31(41-32-29(23)18-27(45-22-36(37,38)39)19-30(32)35(2,3)4)33-42-43-34(48-33)40-26-16-28(17-26)49-50(44,46-20-24-11-7-5-8-12-24)47-21-25-13-9-6-10-14-25/h5-15,18-19,26,28H,16-17,20-22H2,1-4H3,(H,40,43). The van der Waals surface area contributed by atoms with Gasteiger partial charge in [0.25, 0.3) is 5.89 Å². The third-order valence-electron chi connectivity index (χ3n) is 8.11. The Morgan fingerprint density at radius 1 is 0.900 bits per heavy atom. The number of phosphoric ester groups is 1. The zero-order valence-corrected chi connectivity index (χ0v) is 29.0. The molecule has 0 saturated heterocycles. The van der Waals surface area contributed by atoms with Gasteiger partial charge < -0.3 is 14.5 Å². The van der Waals surface area contributed by atoms with Crippen LogP contribution in [0.1, 0.15) is 55.9 Å². The number of benzene rings is 3. The van der Waals surface area contributed by atoms with E-state index in [1.807, 2.05) is 88.4 Å². The highest BCUT2D eigenvalue weighted by atomic mass is 31.2. The normalized spacial score (nSPS) is 16.7. The lowest BCUT2D eigenvalue weighted by atomic mass is 9.84. The van der Waals surface area contributed by atoms with Gasteiger partial charge in [-0.3, -0.25) is 13.6 Å². The van der Waals surface area contributed by atoms with E-state index in [1.54, 1.807) is 18.2 Å². The molecular weight excluding hydrogens is 672 g/mol. The fourth-order valence-corrected chi connectivity index (χ4v) is 6.81. The molecule has 0 unspecified atom stereocenters. The van der Waals surface area contributed by atoms with Crippen molar-refractivity contribution in [1.82, 2.24) is 15.2 Å². The second kappa shape index (κ2) is 14.5. The van der Waals surface area contributed by atoms with Crippen molar-refractivity contribution in [1.29, 1.82) is 0 Å². The molecule has 50 heavy (non-hydrogen) atoms. The molecule has 0 amide bonds. The van der Waals surface area contributed by atoms with Crippen LogP contribution in [-0.2, 0) is 36.8 Å². The predicted molar refractivity (Wildman–Crippen MR) is 182 cm³/mol. The number of aromatic nitrogens is 3. The number of hydrogen-bond donors (Lipinski definition) is 1. The first-order valence-corrected chi connectivity index (χ1v) is 17.6. The lowest BCUT2D eigenvalue weighted by Crippen LogP contribution is -2.40. The van der Waals surface area contributed by atoms with Crippen LogP contribution in [0.4, 0.5) is 19.2 Å². The molecular formula is C36H38F3N4O6P.